The van der Waals surface area contributed by atoms with Crippen molar-refractivity contribution < 1.29 is 51.5 Å². The van der Waals surface area contributed by atoms with Crippen molar-refractivity contribution in [2.24, 2.45) is 5.84 Å². The van der Waals surface area contributed by atoms with Gasteiger partial charge < -0.3 is 0 Å². The van der Waals surface area contributed by atoms with E-state index in [0.717, 1.165) is 24.3 Å². The van der Waals surface area contributed by atoms with E-state index in [1.807, 2.05) is 0 Å². The summed E-state index contributed by atoms with van der Waals surface area (Å²) in [7, 11) is -10.3. The van der Waals surface area contributed by atoms with Crippen molar-refractivity contribution >= 4 is 20.2 Å². The second kappa shape index (κ2) is 7.70. The number of hydrazine groups is 1. The van der Waals surface area contributed by atoms with Gasteiger partial charge in [-0.15, -0.1) is 0 Å². The standard InChI is InChI=1S/C15H16F6N2O6S2/c1-28-30(24,25)10-6-4-3-5-9(10)11(23-22)12(16)7-8-13(17,18)14(19,20)15(12,21)31(26,27)29-2/h3-8,11,23H,22H2,1-2H3. The first-order valence-corrected chi connectivity index (χ1v) is 10.8. The second-order valence-electron chi connectivity index (χ2n) is 6.27. The molecule has 16 heteroatoms. The third kappa shape index (κ3) is 3.36. The van der Waals surface area contributed by atoms with E-state index in [2.05, 4.69) is 8.37 Å². The van der Waals surface area contributed by atoms with Crippen LogP contribution in [0.5, 0.6) is 0 Å². The number of benzene rings is 1. The summed E-state index contributed by atoms with van der Waals surface area (Å²) >= 11 is 0. The van der Waals surface area contributed by atoms with Crippen LogP contribution in [0.4, 0.5) is 26.3 Å². The number of hydrogen-bond acceptors (Lipinski definition) is 8. The summed E-state index contributed by atoms with van der Waals surface area (Å²) in [6.07, 6.45) is -1.21. The van der Waals surface area contributed by atoms with Gasteiger partial charge in [-0.1, -0.05) is 18.2 Å². The van der Waals surface area contributed by atoms with E-state index < -0.39 is 71.4 Å². The van der Waals surface area contributed by atoms with Crippen LogP contribution in [-0.4, -0.2) is 53.6 Å². The van der Waals surface area contributed by atoms with Gasteiger partial charge in [0.15, 0.2) is 0 Å². The largest absolute Gasteiger partial charge is 0.367 e. The maximum Gasteiger partial charge on any atom is 0.367 e. The quantitative estimate of drug-likeness (QED) is 0.192. The summed E-state index contributed by atoms with van der Waals surface area (Å²) in [5.74, 6) is -6.55. The maximum atomic E-state index is 16.1. The molecule has 8 nitrogen and oxygen atoms in total. The normalized spacial score (nSPS) is 28.9. The number of nitrogens with one attached hydrogen (secondary N) is 1. The summed E-state index contributed by atoms with van der Waals surface area (Å²) in [6.45, 7) is 0. The molecule has 0 fully saturated rings. The molecule has 1 aliphatic carbocycles. The summed E-state index contributed by atoms with van der Waals surface area (Å²) < 4.78 is 145. The number of nitrogens with two attached hydrogens (primary N) is 1. The Bertz CT molecular complexity index is 1100. The molecule has 0 spiro atoms. The van der Waals surface area contributed by atoms with Crippen LogP contribution >= 0.6 is 0 Å². The van der Waals surface area contributed by atoms with Crippen LogP contribution in [-0.2, 0) is 28.6 Å². The van der Waals surface area contributed by atoms with Gasteiger partial charge in [0.1, 0.15) is 0 Å². The molecule has 1 aliphatic rings. The number of rotatable bonds is 7. The van der Waals surface area contributed by atoms with Gasteiger partial charge in [0.2, 0.25) is 5.67 Å². The molecule has 3 unspecified atom stereocenters. The molecule has 0 amide bonds. The molecular formula is C15H16F6N2O6S2. The van der Waals surface area contributed by atoms with Crippen molar-refractivity contribution in [3.05, 3.63) is 42.0 Å². The third-order valence-electron chi connectivity index (χ3n) is 4.72. The van der Waals surface area contributed by atoms with Crippen molar-refractivity contribution in [1.29, 1.82) is 0 Å². The Kier molecular flexibility index (Phi) is 6.34. The minimum Gasteiger partial charge on any atom is -0.271 e. The Morgan fingerprint density at radius 1 is 0.935 bits per heavy atom. The third-order valence-corrected chi connectivity index (χ3v) is 7.77. The Hall–Kier alpha value is -1.72. The number of alkyl halides is 6. The average molecular weight is 498 g/mol. The van der Waals surface area contributed by atoms with Gasteiger partial charge in [0, 0.05) is 0 Å². The van der Waals surface area contributed by atoms with Crippen LogP contribution in [0.3, 0.4) is 0 Å². The van der Waals surface area contributed by atoms with Crippen LogP contribution in [0.15, 0.2) is 41.3 Å². The molecule has 0 heterocycles. The first-order valence-electron chi connectivity index (χ1n) is 8.00. The van der Waals surface area contributed by atoms with E-state index in [0.29, 0.717) is 7.11 Å². The summed E-state index contributed by atoms with van der Waals surface area (Å²) in [5.41, 5.74) is -4.01. The molecule has 1 aromatic carbocycles. The van der Waals surface area contributed by atoms with Crippen molar-refractivity contribution in [3.8, 4) is 0 Å². The van der Waals surface area contributed by atoms with Crippen LogP contribution in [0.1, 0.15) is 11.6 Å². The highest BCUT2D eigenvalue weighted by Gasteiger charge is 2.86. The van der Waals surface area contributed by atoms with Crippen molar-refractivity contribution in [2.45, 2.75) is 33.5 Å². The molecule has 0 radical (unpaired) electrons. The highest BCUT2D eigenvalue weighted by Crippen LogP contribution is 2.61. The van der Waals surface area contributed by atoms with Gasteiger partial charge in [0.25, 0.3) is 10.1 Å². The van der Waals surface area contributed by atoms with E-state index in [1.165, 1.54) is 5.43 Å². The molecule has 2 rings (SSSR count). The van der Waals surface area contributed by atoms with E-state index >= 15 is 8.78 Å². The lowest BCUT2D eigenvalue weighted by atomic mass is 9.77. The van der Waals surface area contributed by atoms with Gasteiger partial charge in [0.05, 0.1) is 25.2 Å². The molecule has 0 aliphatic heterocycles. The fraction of sp³-hybridized carbons (Fsp3) is 0.467. The fourth-order valence-electron chi connectivity index (χ4n) is 3.11. The predicted molar refractivity (Wildman–Crippen MR) is 93.3 cm³/mol. The SMILES string of the molecule is COS(=O)(=O)c1ccccc1C(NN)C1(F)C=CC(F)(F)C(F)(F)C1(F)S(=O)(=O)OC. The summed E-state index contributed by atoms with van der Waals surface area (Å²) in [4.78, 5) is -0.927. The minimum absolute atomic E-state index is 0.151. The summed E-state index contributed by atoms with van der Waals surface area (Å²) in [6, 6.07) is 0.910. The van der Waals surface area contributed by atoms with E-state index in [9.17, 15) is 34.4 Å². The maximum absolute atomic E-state index is 16.1. The van der Waals surface area contributed by atoms with Gasteiger partial charge in [-0.2, -0.15) is 34.4 Å². The Morgan fingerprint density at radius 3 is 1.97 bits per heavy atom. The van der Waals surface area contributed by atoms with E-state index in [1.54, 1.807) is 0 Å². The molecule has 176 valence electrons. The van der Waals surface area contributed by atoms with Gasteiger partial charge >= 0.3 is 27.0 Å². The number of allylic oxidation sites excluding steroid dienone is 1. The van der Waals surface area contributed by atoms with E-state index in [4.69, 9.17) is 5.84 Å². The molecule has 31 heavy (non-hydrogen) atoms. The van der Waals surface area contributed by atoms with Crippen molar-refractivity contribution in [2.75, 3.05) is 14.2 Å². The highest BCUT2D eigenvalue weighted by molar-refractivity contribution is 7.88. The Labute approximate surface area is 173 Å². The molecule has 1 aromatic rings. The van der Waals surface area contributed by atoms with Crippen molar-refractivity contribution in [1.82, 2.24) is 5.43 Å². The first-order chi connectivity index (χ1) is 14.0. The molecule has 3 atom stereocenters. The molecule has 0 saturated carbocycles. The molecular weight excluding hydrogens is 482 g/mol. The Balaban J connectivity index is 2.98. The van der Waals surface area contributed by atoms with Gasteiger partial charge in [-0.05, 0) is 23.8 Å². The zero-order chi connectivity index (χ0) is 24.1. The monoisotopic (exact) mass is 498 g/mol. The van der Waals surface area contributed by atoms with Crippen molar-refractivity contribution in [3.63, 3.8) is 0 Å². The first kappa shape index (κ1) is 25.5. The minimum atomic E-state index is -6.42. The molecule has 0 bridgehead atoms. The van der Waals surface area contributed by atoms with Crippen LogP contribution in [0.2, 0.25) is 0 Å². The van der Waals surface area contributed by atoms with Crippen LogP contribution < -0.4 is 11.3 Å². The highest BCUT2D eigenvalue weighted by atomic mass is 32.2. The topological polar surface area (TPSA) is 125 Å². The molecule has 0 saturated heterocycles. The zero-order valence-electron chi connectivity index (χ0n) is 15.7. The number of hydrogen-bond donors (Lipinski definition) is 2. The summed E-state index contributed by atoms with van der Waals surface area (Å²) in [5, 5.41) is -5.76. The second-order valence-corrected chi connectivity index (χ2v) is 9.76. The van der Waals surface area contributed by atoms with Gasteiger partial charge in [-0.3, -0.25) is 14.2 Å². The zero-order valence-corrected chi connectivity index (χ0v) is 17.3. The van der Waals surface area contributed by atoms with Gasteiger partial charge in [-0.25, -0.2) is 14.2 Å². The lowest BCUT2D eigenvalue weighted by molar-refractivity contribution is -0.262. The van der Waals surface area contributed by atoms with Crippen LogP contribution in [0.25, 0.3) is 0 Å². The Morgan fingerprint density at radius 2 is 1.48 bits per heavy atom. The number of halogens is 6. The molecule has 3 N–H and O–H groups in total. The lowest BCUT2D eigenvalue weighted by Gasteiger charge is -2.48. The lowest BCUT2D eigenvalue weighted by Crippen LogP contribution is -2.73. The smallest absolute Gasteiger partial charge is 0.271 e. The predicted octanol–water partition coefficient (Wildman–Crippen LogP) is 1.72. The average Bonchev–Trinajstić information content (AvgIpc) is 2.71. The van der Waals surface area contributed by atoms with Crippen LogP contribution in [0, 0.1) is 0 Å². The molecule has 0 aromatic heterocycles. The fourth-order valence-corrected chi connectivity index (χ4v) is 5.26. The van der Waals surface area contributed by atoms with E-state index in [-0.39, 0.29) is 7.11 Å².